The highest BCUT2D eigenvalue weighted by Gasteiger charge is 2.18. The lowest BCUT2D eigenvalue weighted by atomic mass is 10.1. The number of amides is 2. The summed E-state index contributed by atoms with van der Waals surface area (Å²) in [6, 6.07) is 16.0. The van der Waals surface area contributed by atoms with Gasteiger partial charge < -0.3 is 15.0 Å². The number of carbonyl (C=O) groups is 2. The summed E-state index contributed by atoms with van der Waals surface area (Å²) >= 11 is 0. The van der Waals surface area contributed by atoms with Gasteiger partial charge in [0.1, 0.15) is 5.75 Å². The van der Waals surface area contributed by atoms with Crippen LogP contribution in [0.4, 0.5) is 0 Å². The fourth-order valence-electron chi connectivity index (χ4n) is 3.24. The van der Waals surface area contributed by atoms with Crippen molar-refractivity contribution in [3.05, 3.63) is 65.2 Å². The first-order chi connectivity index (χ1) is 14.1. The smallest absolute Gasteiger partial charge is 0.261 e. The number of likely N-dealkylation sites (tertiary alicyclic amines) is 1. The summed E-state index contributed by atoms with van der Waals surface area (Å²) in [5.41, 5.74) is 2.13. The lowest BCUT2D eigenvalue weighted by Crippen LogP contribution is -2.36. The van der Waals surface area contributed by atoms with Crippen LogP contribution in [-0.4, -0.2) is 35.9 Å². The average molecular weight is 391 g/mol. The van der Waals surface area contributed by atoms with Crippen LogP contribution >= 0.6 is 0 Å². The topological polar surface area (TPSA) is 82.4 Å². The van der Waals surface area contributed by atoms with E-state index in [1.807, 2.05) is 35.2 Å². The Hall–Kier alpha value is -3.33. The minimum Gasteiger partial charge on any atom is -0.481 e. The molecule has 1 atom stereocenters. The maximum absolute atomic E-state index is 12.5. The van der Waals surface area contributed by atoms with Gasteiger partial charge in [-0.3, -0.25) is 9.59 Å². The van der Waals surface area contributed by atoms with Crippen molar-refractivity contribution in [1.82, 2.24) is 10.2 Å². The van der Waals surface area contributed by atoms with Crippen LogP contribution in [0.25, 0.3) is 0 Å². The summed E-state index contributed by atoms with van der Waals surface area (Å²) in [7, 11) is 0. The molecule has 0 unspecified atom stereocenters. The Balaban J connectivity index is 1.49. The maximum Gasteiger partial charge on any atom is 0.261 e. The molecule has 0 spiro atoms. The Labute approximate surface area is 171 Å². The van der Waals surface area contributed by atoms with E-state index in [1.165, 1.54) is 6.42 Å². The summed E-state index contributed by atoms with van der Waals surface area (Å²) in [5, 5.41) is 11.7. The molecule has 6 nitrogen and oxygen atoms in total. The molecule has 1 saturated heterocycles. The molecule has 1 fully saturated rings. The highest BCUT2D eigenvalue weighted by atomic mass is 16.5. The van der Waals surface area contributed by atoms with E-state index in [4.69, 9.17) is 10.00 Å². The number of benzene rings is 2. The molecule has 0 radical (unpaired) electrons. The summed E-state index contributed by atoms with van der Waals surface area (Å²) in [5.74, 6) is 0.375. The van der Waals surface area contributed by atoms with Crippen LogP contribution in [0.3, 0.4) is 0 Å². The molecule has 1 heterocycles. The van der Waals surface area contributed by atoms with E-state index in [9.17, 15) is 9.59 Å². The third-order valence-electron chi connectivity index (χ3n) is 4.98. The zero-order valence-corrected chi connectivity index (χ0v) is 16.6. The van der Waals surface area contributed by atoms with Gasteiger partial charge in [0.05, 0.1) is 11.6 Å². The normalized spacial score (nSPS) is 14.6. The number of carbonyl (C=O) groups excluding carboxylic acids is 2. The largest absolute Gasteiger partial charge is 0.481 e. The second-order valence-electron chi connectivity index (χ2n) is 7.16. The van der Waals surface area contributed by atoms with Gasteiger partial charge in [0.15, 0.2) is 6.10 Å². The van der Waals surface area contributed by atoms with Crippen molar-refractivity contribution in [3.63, 3.8) is 0 Å². The molecule has 2 aromatic rings. The summed E-state index contributed by atoms with van der Waals surface area (Å²) in [6.45, 7) is 3.69. The zero-order valence-electron chi connectivity index (χ0n) is 16.6. The SMILES string of the molecule is C[C@H](Oc1ccc(C#N)cc1)C(=O)NCc1ccc(C(=O)N2CCCCC2)cc1. The molecule has 2 aromatic carbocycles. The molecule has 1 aliphatic heterocycles. The Morgan fingerprint density at radius 3 is 2.34 bits per heavy atom. The second-order valence-corrected chi connectivity index (χ2v) is 7.16. The fourth-order valence-corrected chi connectivity index (χ4v) is 3.24. The third kappa shape index (κ3) is 5.58. The van der Waals surface area contributed by atoms with Crippen molar-refractivity contribution in [2.24, 2.45) is 0 Å². The van der Waals surface area contributed by atoms with Gasteiger partial charge in [-0.25, -0.2) is 0 Å². The monoisotopic (exact) mass is 391 g/mol. The van der Waals surface area contributed by atoms with Crippen LogP contribution in [0, 0.1) is 11.3 Å². The quantitative estimate of drug-likeness (QED) is 0.819. The molecule has 3 rings (SSSR count). The van der Waals surface area contributed by atoms with Crippen LogP contribution in [0.5, 0.6) is 5.75 Å². The van der Waals surface area contributed by atoms with Gasteiger partial charge >= 0.3 is 0 Å². The summed E-state index contributed by atoms with van der Waals surface area (Å²) in [6.07, 6.45) is 2.66. The predicted octanol–water partition coefficient (Wildman–Crippen LogP) is 3.27. The average Bonchev–Trinajstić information content (AvgIpc) is 2.78. The van der Waals surface area contributed by atoms with E-state index in [0.717, 1.165) is 31.5 Å². The lowest BCUT2D eigenvalue weighted by molar-refractivity contribution is -0.127. The van der Waals surface area contributed by atoms with E-state index in [1.54, 1.807) is 31.2 Å². The van der Waals surface area contributed by atoms with E-state index in [-0.39, 0.29) is 11.8 Å². The molecule has 0 saturated carbocycles. The maximum atomic E-state index is 12.5. The molecule has 2 amide bonds. The number of nitrogens with zero attached hydrogens (tertiary/aromatic N) is 2. The lowest BCUT2D eigenvalue weighted by Gasteiger charge is -2.26. The van der Waals surface area contributed by atoms with Crippen molar-refractivity contribution in [1.29, 1.82) is 5.26 Å². The number of piperidine rings is 1. The minimum absolute atomic E-state index is 0.0738. The molecule has 0 aliphatic carbocycles. The van der Waals surface area contributed by atoms with Crippen LogP contribution in [0.15, 0.2) is 48.5 Å². The van der Waals surface area contributed by atoms with Gasteiger partial charge in [0, 0.05) is 25.2 Å². The molecule has 0 bridgehead atoms. The van der Waals surface area contributed by atoms with Gasteiger partial charge in [-0.05, 0) is 68.1 Å². The number of ether oxygens (including phenoxy) is 1. The van der Waals surface area contributed by atoms with Gasteiger partial charge in [-0.15, -0.1) is 0 Å². The number of hydrogen-bond donors (Lipinski definition) is 1. The highest BCUT2D eigenvalue weighted by Crippen LogP contribution is 2.15. The van der Waals surface area contributed by atoms with Crippen LogP contribution in [-0.2, 0) is 11.3 Å². The highest BCUT2D eigenvalue weighted by molar-refractivity contribution is 5.94. The van der Waals surface area contributed by atoms with Gasteiger partial charge in [-0.2, -0.15) is 5.26 Å². The molecule has 1 aliphatic rings. The van der Waals surface area contributed by atoms with E-state index < -0.39 is 6.10 Å². The van der Waals surface area contributed by atoms with Crippen molar-refractivity contribution in [2.75, 3.05) is 13.1 Å². The molecular formula is C23H25N3O3. The molecule has 1 N–H and O–H groups in total. The van der Waals surface area contributed by atoms with Gasteiger partial charge in [0.2, 0.25) is 0 Å². The Bertz CT molecular complexity index is 879. The summed E-state index contributed by atoms with van der Waals surface area (Å²) in [4.78, 5) is 26.7. The summed E-state index contributed by atoms with van der Waals surface area (Å²) < 4.78 is 5.61. The number of nitrogens with one attached hydrogen (secondary N) is 1. The molecule has 0 aromatic heterocycles. The molecule has 6 heteroatoms. The first kappa shape index (κ1) is 20.4. The number of rotatable bonds is 6. The first-order valence-electron chi connectivity index (χ1n) is 9.89. The van der Waals surface area contributed by atoms with Crippen molar-refractivity contribution in [3.8, 4) is 11.8 Å². The second kappa shape index (κ2) is 9.74. The Kier molecular flexibility index (Phi) is 6.85. The van der Waals surface area contributed by atoms with Crippen molar-refractivity contribution >= 4 is 11.8 Å². The van der Waals surface area contributed by atoms with Gasteiger partial charge in [-0.1, -0.05) is 12.1 Å². The van der Waals surface area contributed by atoms with E-state index in [2.05, 4.69) is 5.32 Å². The standard InChI is InChI=1S/C23H25N3O3/c1-17(29-21-11-7-18(15-24)8-12-21)22(27)25-16-19-5-9-20(10-6-19)23(28)26-13-3-2-4-14-26/h5-12,17H,2-4,13-14,16H2,1H3,(H,25,27)/t17-/m0/s1. The predicted molar refractivity (Wildman–Crippen MR) is 109 cm³/mol. The Morgan fingerprint density at radius 2 is 1.72 bits per heavy atom. The molecule has 150 valence electrons. The fraction of sp³-hybridized carbons (Fsp3) is 0.348. The minimum atomic E-state index is -0.664. The number of hydrogen-bond acceptors (Lipinski definition) is 4. The van der Waals surface area contributed by atoms with Crippen molar-refractivity contribution < 1.29 is 14.3 Å². The third-order valence-corrected chi connectivity index (χ3v) is 4.98. The van der Waals surface area contributed by atoms with Crippen LogP contribution in [0.2, 0.25) is 0 Å². The van der Waals surface area contributed by atoms with Gasteiger partial charge in [0.25, 0.3) is 11.8 Å². The molecule has 29 heavy (non-hydrogen) atoms. The van der Waals surface area contributed by atoms with Crippen LogP contribution in [0.1, 0.15) is 47.7 Å². The van der Waals surface area contributed by atoms with E-state index in [0.29, 0.717) is 23.4 Å². The molecular weight excluding hydrogens is 366 g/mol. The van der Waals surface area contributed by atoms with Crippen molar-refractivity contribution in [2.45, 2.75) is 38.8 Å². The van der Waals surface area contributed by atoms with Crippen LogP contribution < -0.4 is 10.1 Å². The zero-order chi connectivity index (χ0) is 20.6. The number of nitriles is 1. The Morgan fingerprint density at radius 1 is 1.07 bits per heavy atom. The first-order valence-corrected chi connectivity index (χ1v) is 9.89. The van der Waals surface area contributed by atoms with E-state index >= 15 is 0 Å².